The molecule has 88 valence electrons. The molecule has 1 atom stereocenters. The predicted octanol–water partition coefficient (Wildman–Crippen LogP) is 2.58. The molecule has 0 bridgehead atoms. The van der Waals surface area contributed by atoms with Crippen molar-refractivity contribution in [1.29, 1.82) is 0 Å². The van der Waals surface area contributed by atoms with Gasteiger partial charge in [0.2, 0.25) is 0 Å². The van der Waals surface area contributed by atoms with Gasteiger partial charge < -0.3 is 9.57 Å². The Hall–Kier alpha value is -1.13. The number of halogens is 1. The highest BCUT2D eigenvalue weighted by Crippen LogP contribution is 2.39. The number of hydroxylamine groups is 1. The molecule has 0 radical (unpaired) electrons. The molecule has 0 fully saturated rings. The van der Waals surface area contributed by atoms with E-state index in [0.29, 0.717) is 5.75 Å². The third-order valence-corrected chi connectivity index (χ3v) is 2.69. The Morgan fingerprint density at radius 2 is 2.25 bits per heavy atom. The molecule has 0 aliphatic carbocycles. The lowest BCUT2D eigenvalue weighted by Gasteiger charge is -2.37. The van der Waals surface area contributed by atoms with Crippen LogP contribution >= 0.6 is 0 Å². The van der Waals surface area contributed by atoms with Crippen molar-refractivity contribution >= 4 is 0 Å². The maximum Gasteiger partial charge on any atom is 0.127 e. The lowest BCUT2D eigenvalue weighted by atomic mass is 9.90. The molecule has 1 aliphatic rings. The van der Waals surface area contributed by atoms with Crippen molar-refractivity contribution in [3.63, 3.8) is 0 Å². The highest BCUT2D eigenvalue weighted by Gasteiger charge is 2.33. The van der Waals surface area contributed by atoms with Crippen LogP contribution in [0.4, 0.5) is 4.39 Å². The maximum absolute atomic E-state index is 13.1. The Balaban J connectivity index is 2.38. The fourth-order valence-electron chi connectivity index (χ4n) is 2.07. The van der Waals surface area contributed by atoms with E-state index in [1.54, 1.807) is 13.2 Å². The zero-order chi connectivity index (χ0) is 11.8. The van der Waals surface area contributed by atoms with Crippen LogP contribution in [0.3, 0.4) is 0 Å². The van der Waals surface area contributed by atoms with Gasteiger partial charge in [-0.2, -0.15) is 5.48 Å². The molecular weight excluding hydrogens is 209 g/mol. The largest absolute Gasteiger partial charge is 0.487 e. The summed E-state index contributed by atoms with van der Waals surface area (Å²) in [7, 11) is 1.58. The summed E-state index contributed by atoms with van der Waals surface area (Å²) in [5.74, 6) is 0.304. The van der Waals surface area contributed by atoms with Crippen LogP contribution in [0.25, 0.3) is 0 Å². The zero-order valence-electron chi connectivity index (χ0n) is 9.71. The molecule has 4 heteroatoms. The molecule has 3 nitrogen and oxygen atoms in total. The summed E-state index contributed by atoms with van der Waals surface area (Å²) >= 11 is 0. The van der Waals surface area contributed by atoms with Crippen molar-refractivity contribution < 1.29 is 14.0 Å². The number of nitrogens with one attached hydrogen (secondary N) is 1. The molecule has 1 aliphatic heterocycles. The molecule has 1 aromatic carbocycles. The van der Waals surface area contributed by atoms with Crippen LogP contribution in [0, 0.1) is 5.82 Å². The van der Waals surface area contributed by atoms with Gasteiger partial charge in [-0.3, -0.25) is 0 Å². The second-order valence-corrected chi connectivity index (χ2v) is 4.62. The van der Waals surface area contributed by atoms with E-state index >= 15 is 0 Å². The minimum Gasteiger partial charge on any atom is -0.487 e. The van der Waals surface area contributed by atoms with E-state index in [-0.39, 0.29) is 17.5 Å². The fraction of sp³-hybridized carbons (Fsp3) is 0.500. The van der Waals surface area contributed by atoms with Crippen LogP contribution in [-0.2, 0) is 4.84 Å². The molecule has 1 N–H and O–H groups in total. The van der Waals surface area contributed by atoms with Crippen molar-refractivity contribution in [2.75, 3.05) is 7.11 Å². The van der Waals surface area contributed by atoms with Gasteiger partial charge in [0.05, 0.1) is 13.2 Å². The Bertz CT molecular complexity index is 393. The van der Waals surface area contributed by atoms with Gasteiger partial charge in [0.15, 0.2) is 0 Å². The highest BCUT2D eigenvalue weighted by atomic mass is 19.1. The van der Waals surface area contributed by atoms with Crippen molar-refractivity contribution in [2.45, 2.75) is 31.9 Å². The predicted molar refractivity (Wildman–Crippen MR) is 58.6 cm³/mol. The van der Waals surface area contributed by atoms with Gasteiger partial charge in [0, 0.05) is 18.1 Å². The molecule has 16 heavy (non-hydrogen) atoms. The SMILES string of the molecule is CONC1CC(C)(C)Oc2cc(F)ccc21. The number of fused-ring (bicyclic) bond motifs is 1. The average Bonchev–Trinajstić information content (AvgIpc) is 2.15. The standard InChI is InChI=1S/C12H16FNO2/c1-12(2)7-10(14-15-3)9-5-4-8(13)6-11(9)16-12/h4-6,10,14H,7H2,1-3H3. The van der Waals surface area contributed by atoms with E-state index in [2.05, 4.69) is 5.48 Å². The number of ether oxygens (including phenoxy) is 1. The topological polar surface area (TPSA) is 30.5 Å². The lowest BCUT2D eigenvalue weighted by molar-refractivity contribution is 0.00278. The molecule has 0 spiro atoms. The van der Waals surface area contributed by atoms with E-state index in [0.717, 1.165) is 12.0 Å². The highest BCUT2D eigenvalue weighted by molar-refractivity contribution is 5.39. The lowest BCUT2D eigenvalue weighted by Crippen LogP contribution is -2.39. The van der Waals surface area contributed by atoms with Crippen molar-refractivity contribution in [1.82, 2.24) is 5.48 Å². The summed E-state index contributed by atoms with van der Waals surface area (Å²) < 4.78 is 18.9. The van der Waals surface area contributed by atoms with Gasteiger partial charge in [-0.1, -0.05) is 6.07 Å². The van der Waals surface area contributed by atoms with Gasteiger partial charge in [0.1, 0.15) is 17.2 Å². The van der Waals surface area contributed by atoms with E-state index in [4.69, 9.17) is 9.57 Å². The van der Waals surface area contributed by atoms with Crippen LogP contribution in [0.15, 0.2) is 18.2 Å². The number of hydrogen-bond acceptors (Lipinski definition) is 3. The van der Waals surface area contributed by atoms with Gasteiger partial charge in [-0.25, -0.2) is 4.39 Å². The van der Waals surface area contributed by atoms with E-state index in [1.165, 1.54) is 12.1 Å². The molecule has 0 amide bonds. The van der Waals surface area contributed by atoms with Crippen LogP contribution in [0.2, 0.25) is 0 Å². The first-order valence-electron chi connectivity index (χ1n) is 5.29. The van der Waals surface area contributed by atoms with Crippen molar-refractivity contribution in [2.24, 2.45) is 0 Å². The normalized spacial score (nSPS) is 22.4. The Morgan fingerprint density at radius 3 is 2.94 bits per heavy atom. The monoisotopic (exact) mass is 225 g/mol. The van der Waals surface area contributed by atoms with Gasteiger partial charge >= 0.3 is 0 Å². The van der Waals surface area contributed by atoms with Gasteiger partial charge in [0.25, 0.3) is 0 Å². The molecule has 0 saturated carbocycles. The van der Waals surface area contributed by atoms with E-state index in [1.807, 2.05) is 13.8 Å². The minimum absolute atomic E-state index is 0.0318. The van der Waals surface area contributed by atoms with E-state index in [9.17, 15) is 4.39 Å². The van der Waals surface area contributed by atoms with Gasteiger partial charge in [-0.15, -0.1) is 0 Å². The summed E-state index contributed by atoms with van der Waals surface area (Å²) in [6, 6.07) is 4.62. The summed E-state index contributed by atoms with van der Waals surface area (Å²) in [6.07, 6.45) is 0.777. The first-order chi connectivity index (χ1) is 7.52. The Morgan fingerprint density at radius 1 is 1.50 bits per heavy atom. The zero-order valence-corrected chi connectivity index (χ0v) is 9.71. The molecule has 0 saturated heterocycles. The molecule has 0 aromatic heterocycles. The second-order valence-electron chi connectivity index (χ2n) is 4.62. The number of benzene rings is 1. The third kappa shape index (κ3) is 2.18. The maximum atomic E-state index is 13.1. The first kappa shape index (κ1) is 11.4. The minimum atomic E-state index is -0.322. The summed E-state index contributed by atoms with van der Waals surface area (Å²) in [5, 5.41) is 0. The first-order valence-corrected chi connectivity index (χ1v) is 5.29. The van der Waals surface area contributed by atoms with Crippen LogP contribution in [0.5, 0.6) is 5.75 Å². The molecule has 1 aromatic rings. The number of hydrogen-bond donors (Lipinski definition) is 1. The summed E-state index contributed by atoms with van der Waals surface area (Å²) in [5.41, 5.74) is 3.52. The molecule has 1 heterocycles. The third-order valence-electron chi connectivity index (χ3n) is 2.69. The van der Waals surface area contributed by atoms with Crippen LogP contribution in [0.1, 0.15) is 31.9 Å². The molecule has 1 unspecified atom stereocenters. The van der Waals surface area contributed by atoms with Crippen molar-refractivity contribution in [3.8, 4) is 5.75 Å². The summed E-state index contributed by atoms with van der Waals surface area (Å²) in [4.78, 5) is 4.96. The average molecular weight is 225 g/mol. The molecule has 2 rings (SSSR count). The fourth-order valence-corrected chi connectivity index (χ4v) is 2.07. The van der Waals surface area contributed by atoms with Crippen LogP contribution < -0.4 is 10.2 Å². The van der Waals surface area contributed by atoms with Crippen molar-refractivity contribution in [3.05, 3.63) is 29.6 Å². The van der Waals surface area contributed by atoms with Gasteiger partial charge in [-0.05, 0) is 19.9 Å². The molecular formula is C12H16FNO2. The Labute approximate surface area is 94.5 Å². The Kier molecular flexibility index (Phi) is 2.86. The van der Waals surface area contributed by atoms with E-state index < -0.39 is 0 Å². The number of rotatable bonds is 2. The van der Waals surface area contributed by atoms with Crippen LogP contribution in [-0.4, -0.2) is 12.7 Å². The smallest absolute Gasteiger partial charge is 0.127 e. The summed E-state index contributed by atoms with van der Waals surface area (Å²) in [6.45, 7) is 3.95. The second kappa shape index (κ2) is 4.03. The quantitative estimate of drug-likeness (QED) is 0.785.